The van der Waals surface area contributed by atoms with Crippen molar-refractivity contribution >= 4 is 5.97 Å². The van der Waals surface area contributed by atoms with E-state index in [0.717, 1.165) is 6.42 Å². The van der Waals surface area contributed by atoms with Crippen LogP contribution in [0.2, 0.25) is 0 Å². The molecule has 0 saturated carbocycles. The highest BCUT2D eigenvalue weighted by molar-refractivity contribution is 5.86. The van der Waals surface area contributed by atoms with Crippen LogP contribution in [0.4, 0.5) is 0 Å². The first kappa shape index (κ1) is 10.7. The molecule has 0 aromatic heterocycles. The minimum absolute atomic E-state index is 0.180. The van der Waals surface area contributed by atoms with Crippen LogP contribution in [-0.2, 0) is 4.79 Å². The van der Waals surface area contributed by atoms with E-state index in [4.69, 9.17) is 5.11 Å². The summed E-state index contributed by atoms with van der Waals surface area (Å²) in [5, 5.41) is 11.3. The van der Waals surface area contributed by atoms with Gasteiger partial charge in [-0.2, -0.15) is 0 Å². The van der Waals surface area contributed by atoms with Crippen LogP contribution in [0.25, 0.3) is 0 Å². The second kappa shape index (κ2) is 6.44. The molecule has 0 aliphatic heterocycles. The monoisotopic (exact) mass is 167 g/mol. The topological polar surface area (TPSA) is 49.3 Å². The number of aliphatic carboxylic acids is 1. The van der Waals surface area contributed by atoms with Crippen molar-refractivity contribution in [3.05, 3.63) is 12.2 Å². The van der Waals surface area contributed by atoms with Crippen molar-refractivity contribution in [3.63, 3.8) is 0 Å². The molecule has 0 aliphatic rings. The highest BCUT2D eigenvalue weighted by Crippen LogP contribution is 1.85. The Morgan fingerprint density at radius 1 is 1.67 bits per heavy atom. The van der Waals surface area contributed by atoms with Crippen LogP contribution in [0, 0.1) is 11.8 Å². The Morgan fingerprint density at radius 3 is 2.83 bits per heavy atom. The maximum atomic E-state index is 10.3. The molecule has 0 radical (unpaired) electrons. The highest BCUT2D eigenvalue weighted by Gasteiger charge is 2.00. The number of carboxylic acids is 1. The van der Waals surface area contributed by atoms with Gasteiger partial charge < -0.3 is 10.4 Å². The Bertz CT molecular complexity index is 222. The maximum Gasteiger partial charge on any atom is 0.332 e. The quantitative estimate of drug-likeness (QED) is 0.359. The largest absolute Gasteiger partial charge is 0.478 e. The van der Waals surface area contributed by atoms with Gasteiger partial charge in [-0.1, -0.05) is 6.58 Å². The van der Waals surface area contributed by atoms with Gasteiger partial charge in [0, 0.05) is 25.1 Å². The van der Waals surface area contributed by atoms with Gasteiger partial charge in [0.05, 0.1) is 0 Å². The summed E-state index contributed by atoms with van der Waals surface area (Å²) in [5.41, 5.74) is 0.180. The molecule has 0 bridgehead atoms. The first-order chi connectivity index (χ1) is 5.68. The average molecular weight is 167 g/mol. The number of hydrogen-bond donors (Lipinski definition) is 2. The van der Waals surface area contributed by atoms with Crippen molar-refractivity contribution in [3.8, 4) is 11.8 Å². The van der Waals surface area contributed by atoms with Gasteiger partial charge in [0.1, 0.15) is 0 Å². The molecule has 0 rings (SSSR count). The number of rotatable bonds is 5. The fraction of sp³-hybridized carbons (Fsp3) is 0.444. The summed E-state index contributed by atoms with van der Waals surface area (Å²) in [7, 11) is 0. The van der Waals surface area contributed by atoms with Crippen molar-refractivity contribution in [2.45, 2.75) is 13.3 Å². The van der Waals surface area contributed by atoms with Crippen molar-refractivity contribution in [1.82, 2.24) is 5.32 Å². The molecular weight excluding hydrogens is 154 g/mol. The lowest BCUT2D eigenvalue weighted by Crippen LogP contribution is -2.21. The standard InChI is InChI=1S/C9H13NO2/c1-3-4-5-6-10-7-8(2)9(11)12/h10H,2,5-7H2,1H3,(H,11,12). The second-order valence-electron chi connectivity index (χ2n) is 2.26. The fourth-order valence-electron chi connectivity index (χ4n) is 0.591. The summed E-state index contributed by atoms with van der Waals surface area (Å²) in [6.07, 6.45) is 0.739. The molecule has 66 valence electrons. The molecule has 3 heteroatoms. The molecule has 0 aromatic carbocycles. The van der Waals surface area contributed by atoms with Gasteiger partial charge in [0.2, 0.25) is 0 Å². The Hall–Kier alpha value is -1.27. The molecule has 12 heavy (non-hydrogen) atoms. The number of nitrogens with one attached hydrogen (secondary N) is 1. The van der Waals surface area contributed by atoms with Crippen LogP contribution in [0.3, 0.4) is 0 Å². The Kier molecular flexibility index (Phi) is 5.76. The van der Waals surface area contributed by atoms with Gasteiger partial charge in [-0.15, -0.1) is 11.8 Å². The zero-order valence-electron chi connectivity index (χ0n) is 7.18. The first-order valence-corrected chi connectivity index (χ1v) is 3.70. The van der Waals surface area contributed by atoms with E-state index in [1.54, 1.807) is 6.92 Å². The maximum absolute atomic E-state index is 10.3. The van der Waals surface area contributed by atoms with E-state index < -0.39 is 5.97 Å². The van der Waals surface area contributed by atoms with Crippen LogP contribution >= 0.6 is 0 Å². The zero-order chi connectivity index (χ0) is 9.40. The van der Waals surface area contributed by atoms with Crippen LogP contribution in [-0.4, -0.2) is 24.2 Å². The number of carbonyl (C=O) groups is 1. The minimum atomic E-state index is -0.955. The van der Waals surface area contributed by atoms with E-state index in [2.05, 4.69) is 23.7 Å². The summed E-state index contributed by atoms with van der Waals surface area (Å²) in [6.45, 7) is 6.17. The highest BCUT2D eigenvalue weighted by atomic mass is 16.4. The summed E-state index contributed by atoms with van der Waals surface area (Å²) < 4.78 is 0. The van der Waals surface area contributed by atoms with E-state index in [0.29, 0.717) is 13.1 Å². The molecule has 0 unspecified atom stereocenters. The summed E-state index contributed by atoms with van der Waals surface area (Å²) in [5.74, 6) is 4.66. The zero-order valence-corrected chi connectivity index (χ0v) is 7.18. The predicted octanol–water partition coefficient (Wildman–Crippen LogP) is 0.630. The van der Waals surface area contributed by atoms with Gasteiger partial charge in [0.15, 0.2) is 0 Å². The van der Waals surface area contributed by atoms with E-state index in [1.165, 1.54) is 0 Å². The van der Waals surface area contributed by atoms with Crippen molar-refractivity contribution in [2.24, 2.45) is 0 Å². The first-order valence-electron chi connectivity index (χ1n) is 3.70. The normalized spacial score (nSPS) is 8.42. The SMILES string of the molecule is C=C(CNCCC#CC)C(=O)O. The molecule has 3 nitrogen and oxygen atoms in total. The number of carboxylic acid groups (broad SMARTS) is 1. The molecule has 0 aromatic rings. The molecule has 0 amide bonds. The second-order valence-corrected chi connectivity index (χ2v) is 2.26. The van der Waals surface area contributed by atoms with Crippen molar-refractivity contribution in [2.75, 3.05) is 13.1 Å². The Morgan fingerprint density at radius 2 is 2.33 bits per heavy atom. The van der Waals surface area contributed by atoms with Crippen molar-refractivity contribution < 1.29 is 9.90 Å². The molecule has 0 atom stereocenters. The summed E-state index contributed by atoms with van der Waals surface area (Å²) >= 11 is 0. The van der Waals surface area contributed by atoms with Crippen LogP contribution in [0.5, 0.6) is 0 Å². The van der Waals surface area contributed by atoms with E-state index in [9.17, 15) is 4.79 Å². The van der Waals surface area contributed by atoms with Crippen LogP contribution in [0.1, 0.15) is 13.3 Å². The Labute approximate surface area is 72.5 Å². The Balaban J connectivity index is 3.36. The predicted molar refractivity (Wildman–Crippen MR) is 47.7 cm³/mol. The minimum Gasteiger partial charge on any atom is -0.478 e. The fourth-order valence-corrected chi connectivity index (χ4v) is 0.591. The smallest absolute Gasteiger partial charge is 0.332 e. The van der Waals surface area contributed by atoms with E-state index in [-0.39, 0.29) is 5.57 Å². The molecule has 0 saturated heterocycles. The molecule has 0 aliphatic carbocycles. The van der Waals surface area contributed by atoms with Gasteiger partial charge in [-0.25, -0.2) is 4.79 Å². The lowest BCUT2D eigenvalue weighted by atomic mass is 10.3. The van der Waals surface area contributed by atoms with Crippen molar-refractivity contribution in [1.29, 1.82) is 0 Å². The lowest BCUT2D eigenvalue weighted by molar-refractivity contribution is -0.132. The van der Waals surface area contributed by atoms with Crippen LogP contribution < -0.4 is 5.32 Å². The van der Waals surface area contributed by atoms with Gasteiger partial charge in [0.25, 0.3) is 0 Å². The van der Waals surface area contributed by atoms with Gasteiger partial charge in [-0.05, 0) is 6.92 Å². The number of hydrogen-bond acceptors (Lipinski definition) is 2. The third-order valence-electron chi connectivity index (χ3n) is 1.24. The summed E-state index contributed by atoms with van der Waals surface area (Å²) in [4.78, 5) is 10.3. The molecular formula is C9H13NO2. The molecule has 2 N–H and O–H groups in total. The summed E-state index contributed by atoms with van der Waals surface area (Å²) in [6, 6.07) is 0. The third kappa shape index (κ3) is 5.51. The van der Waals surface area contributed by atoms with Crippen LogP contribution in [0.15, 0.2) is 12.2 Å². The lowest BCUT2D eigenvalue weighted by Gasteiger charge is -2.00. The van der Waals surface area contributed by atoms with Gasteiger partial charge >= 0.3 is 5.97 Å². The molecule has 0 fully saturated rings. The third-order valence-corrected chi connectivity index (χ3v) is 1.24. The van der Waals surface area contributed by atoms with E-state index >= 15 is 0 Å². The molecule has 0 spiro atoms. The van der Waals surface area contributed by atoms with E-state index in [1.807, 2.05) is 0 Å². The van der Waals surface area contributed by atoms with Gasteiger partial charge in [-0.3, -0.25) is 0 Å². The average Bonchev–Trinajstić information content (AvgIpc) is 2.03. The molecule has 0 heterocycles.